The number of nitrogens with two attached hydrogens (primary N) is 1. The summed E-state index contributed by atoms with van der Waals surface area (Å²) in [7, 11) is 0. The summed E-state index contributed by atoms with van der Waals surface area (Å²) < 4.78 is 10.1. The lowest BCUT2D eigenvalue weighted by Gasteiger charge is -2.08. The highest BCUT2D eigenvalue weighted by atomic mass is 35.5. The van der Waals surface area contributed by atoms with Crippen molar-refractivity contribution in [3.05, 3.63) is 29.3 Å². The van der Waals surface area contributed by atoms with Crippen molar-refractivity contribution in [2.24, 2.45) is 5.73 Å². The maximum Gasteiger partial charge on any atom is 0.312 e. The molecule has 4 N–H and O–H groups in total. The number of carbonyl (C=O) groups is 3. The number of esters is 1. The first-order valence-corrected chi connectivity index (χ1v) is 7.19. The molecular weight excluding hydrogens is 326 g/mol. The van der Waals surface area contributed by atoms with Gasteiger partial charge in [0.05, 0.1) is 13.0 Å². The number of rotatable bonds is 9. The molecule has 0 saturated heterocycles. The van der Waals surface area contributed by atoms with Crippen LogP contribution in [-0.4, -0.2) is 44.2 Å². The number of primary amides is 1. The van der Waals surface area contributed by atoms with Crippen molar-refractivity contribution in [1.82, 2.24) is 10.6 Å². The molecule has 8 nitrogen and oxygen atoms in total. The molecule has 0 saturated carbocycles. The van der Waals surface area contributed by atoms with E-state index in [9.17, 15) is 14.4 Å². The summed E-state index contributed by atoms with van der Waals surface area (Å²) in [6.07, 6.45) is -0.0596. The van der Waals surface area contributed by atoms with Crippen LogP contribution in [0.2, 0.25) is 5.02 Å². The van der Waals surface area contributed by atoms with Crippen LogP contribution in [0.5, 0.6) is 5.75 Å². The SMILES string of the molecule is NC(=O)NCCC(=O)OCC(=O)NCCOc1ccc(Cl)cc1. The van der Waals surface area contributed by atoms with E-state index in [2.05, 4.69) is 10.6 Å². The van der Waals surface area contributed by atoms with Gasteiger partial charge in [0.1, 0.15) is 12.4 Å². The number of halogens is 1. The topological polar surface area (TPSA) is 120 Å². The molecule has 0 bridgehead atoms. The number of urea groups is 1. The van der Waals surface area contributed by atoms with Gasteiger partial charge in [0.2, 0.25) is 0 Å². The Hall–Kier alpha value is -2.48. The van der Waals surface area contributed by atoms with Gasteiger partial charge in [-0.15, -0.1) is 0 Å². The minimum atomic E-state index is -0.726. The normalized spacial score (nSPS) is 9.78. The number of hydrogen-bond acceptors (Lipinski definition) is 5. The van der Waals surface area contributed by atoms with Crippen LogP contribution in [0, 0.1) is 0 Å². The van der Waals surface area contributed by atoms with Crippen molar-refractivity contribution in [1.29, 1.82) is 0 Å². The van der Waals surface area contributed by atoms with Crippen molar-refractivity contribution >= 4 is 29.5 Å². The molecule has 1 aromatic rings. The highest BCUT2D eigenvalue weighted by Crippen LogP contribution is 2.14. The fourth-order valence-corrected chi connectivity index (χ4v) is 1.57. The molecule has 0 atom stereocenters. The fourth-order valence-electron chi connectivity index (χ4n) is 1.45. The van der Waals surface area contributed by atoms with Gasteiger partial charge in [-0.1, -0.05) is 11.6 Å². The van der Waals surface area contributed by atoms with E-state index in [1.165, 1.54) is 0 Å². The van der Waals surface area contributed by atoms with Gasteiger partial charge >= 0.3 is 12.0 Å². The van der Waals surface area contributed by atoms with Gasteiger partial charge < -0.3 is 25.8 Å². The Bertz CT molecular complexity index is 536. The van der Waals surface area contributed by atoms with Crippen LogP contribution in [0.3, 0.4) is 0 Å². The molecule has 0 aromatic heterocycles. The lowest BCUT2D eigenvalue weighted by molar-refractivity contribution is -0.148. The molecule has 0 radical (unpaired) electrons. The molecule has 0 aliphatic heterocycles. The molecular formula is C14H18ClN3O5. The van der Waals surface area contributed by atoms with Crippen molar-refractivity contribution in [3.8, 4) is 5.75 Å². The van der Waals surface area contributed by atoms with Crippen LogP contribution < -0.4 is 21.1 Å². The van der Waals surface area contributed by atoms with E-state index in [-0.39, 0.29) is 26.1 Å². The maximum atomic E-state index is 11.4. The summed E-state index contributed by atoms with van der Waals surface area (Å²) in [5, 5.41) is 5.38. The second-order valence-corrected chi connectivity index (χ2v) is 4.79. The number of nitrogens with one attached hydrogen (secondary N) is 2. The first-order chi connectivity index (χ1) is 11.0. The second-order valence-electron chi connectivity index (χ2n) is 4.35. The van der Waals surface area contributed by atoms with Crippen LogP contribution in [-0.2, 0) is 14.3 Å². The standard InChI is InChI=1S/C14H18ClN3O5/c15-10-1-3-11(4-2-10)22-8-7-17-12(19)9-23-13(20)5-6-18-14(16)21/h1-4H,5-9H2,(H,17,19)(H3,16,18,21). The van der Waals surface area contributed by atoms with Crippen LogP contribution >= 0.6 is 11.6 Å². The molecule has 0 fully saturated rings. The third-order valence-corrected chi connectivity index (χ3v) is 2.75. The summed E-state index contributed by atoms with van der Waals surface area (Å²) >= 11 is 5.74. The number of hydrogen-bond donors (Lipinski definition) is 3. The fraction of sp³-hybridized carbons (Fsp3) is 0.357. The summed E-state index contributed by atoms with van der Waals surface area (Å²) in [6, 6.07) is 6.10. The summed E-state index contributed by atoms with van der Waals surface area (Å²) in [5.74, 6) is -0.413. The number of benzene rings is 1. The van der Waals surface area contributed by atoms with E-state index in [1.807, 2.05) is 0 Å². The van der Waals surface area contributed by atoms with Gasteiger partial charge in [0.15, 0.2) is 6.61 Å². The van der Waals surface area contributed by atoms with Crippen molar-refractivity contribution in [3.63, 3.8) is 0 Å². The molecule has 0 spiro atoms. The zero-order valence-electron chi connectivity index (χ0n) is 12.3. The largest absolute Gasteiger partial charge is 0.492 e. The Morgan fingerprint density at radius 1 is 1.09 bits per heavy atom. The lowest BCUT2D eigenvalue weighted by atomic mass is 10.3. The smallest absolute Gasteiger partial charge is 0.312 e. The first-order valence-electron chi connectivity index (χ1n) is 6.81. The highest BCUT2D eigenvalue weighted by Gasteiger charge is 2.07. The van der Waals surface area contributed by atoms with Crippen molar-refractivity contribution < 1.29 is 23.9 Å². The van der Waals surface area contributed by atoms with Crippen LogP contribution in [0.25, 0.3) is 0 Å². The third kappa shape index (κ3) is 9.20. The molecule has 0 aliphatic rings. The van der Waals surface area contributed by atoms with Crippen LogP contribution in [0.15, 0.2) is 24.3 Å². The molecule has 0 aliphatic carbocycles. The minimum Gasteiger partial charge on any atom is -0.492 e. The monoisotopic (exact) mass is 343 g/mol. The van der Waals surface area contributed by atoms with Gasteiger partial charge in [0.25, 0.3) is 5.91 Å². The van der Waals surface area contributed by atoms with Gasteiger partial charge in [-0.25, -0.2) is 4.79 Å². The maximum absolute atomic E-state index is 11.4. The Morgan fingerprint density at radius 2 is 1.78 bits per heavy atom. The summed E-state index contributed by atoms with van der Waals surface area (Å²) in [4.78, 5) is 33.1. The molecule has 0 heterocycles. The van der Waals surface area contributed by atoms with E-state index in [4.69, 9.17) is 26.8 Å². The minimum absolute atomic E-state index is 0.0596. The first kappa shape index (κ1) is 18.6. The van der Waals surface area contributed by atoms with Gasteiger partial charge in [-0.2, -0.15) is 0 Å². The predicted octanol–water partition coefficient (Wildman–Crippen LogP) is 0.437. The van der Waals surface area contributed by atoms with Crippen LogP contribution in [0.4, 0.5) is 4.79 Å². The molecule has 9 heteroatoms. The van der Waals surface area contributed by atoms with E-state index in [0.717, 1.165) is 0 Å². The lowest BCUT2D eigenvalue weighted by Crippen LogP contribution is -2.33. The second kappa shape index (κ2) is 10.3. The van der Waals surface area contributed by atoms with Crippen molar-refractivity contribution in [2.45, 2.75) is 6.42 Å². The third-order valence-electron chi connectivity index (χ3n) is 2.50. The van der Waals surface area contributed by atoms with E-state index in [0.29, 0.717) is 10.8 Å². The number of carbonyl (C=O) groups excluding carboxylic acids is 3. The predicted molar refractivity (Wildman–Crippen MR) is 83.1 cm³/mol. The molecule has 23 heavy (non-hydrogen) atoms. The van der Waals surface area contributed by atoms with E-state index < -0.39 is 24.5 Å². The van der Waals surface area contributed by atoms with E-state index in [1.54, 1.807) is 24.3 Å². The molecule has 1 rings (SSSR count). The molecule has 126 valence electrons. The molecule has 1 aromatic carbocycles. The van der Waals surface area contributed by atoms with Gasteiger partial charge in [0, 0.05) is 11.6 Å². The Kier molecular flexibility index (Phi) is 8.30. The zero-order valence-corrected chi connectivity index (χ0v) is 13.1. The average Bonchev–Trinajstić information content (AvgIpc) is 2.51. The van der Waals surface area contributed by atoms with Gasteiger partial charge in [-0.3, -0.25) is 9.59 Å². The summed E-state index contributed by atoms with van der Waals surface area (Å²) in [5.41, 5.74) is 4.83. The summed E-state index contributed by atoms with van der Waals surface area (Å²) in [6.45, 7) is 0.202. The quantitative estimate of drug-likeness (QED) is 0.444. The Labute approximate surface area is 138 Å². The zero-order chi connectivity index (χ0) is 17.1. The van der Waals surface area contributed by atoms with E-state index >= 15 is 0 Å². The highest BCUT2D eigenvalue weighted by molar-refractivity contribution is 6.30. The Balaban J connectivity index is 2.06. The van der Waals surface area contributed by atoms with Crippen molar-refractivity contribution in [2.75, 3.05) is 26.3 Å². The number of amides is 3. The van der Waals surface area contributed by atoms with Gasteiger partial charge in [-0.05, 0) is 24.3 Å². The Morgan fingerprint density at radius 3 is 2.43 bits per heavy atom. The number of ether oxygens (including phenoxy) is 2. The molecule has 0 unspecified atom stereocenters. The average molecular weight is 344 g/mol. The molecule has 3 amide bonds. The van der Waals surface area contributed by atoms with Crippen LogP contribution in [0.1, 0.15) is 6.42 Å².